The fraction of sp³-hybridized carbons (Fsp3) is 0.0909. The van der Waals surface area contributed by atoms with Crippen LogP contribution >= 0.6 is 36.2 Å². The van der Waals surface area contributed by atoms with E-state index in [2.05, 4.69) is 15.0 Å². The zero-order valence-electron chi connectivity index (χ0n) is 10.7. The van der Waals surface area contributed by atoms with Crippen LogP contribution in [-0.4, -0.2) is 21.8 Å². The molecule has 2 aromatic rings. The van der Waals surface area contributed by atoms with Crippen LogP contribution in [0.25, 0.3) is 11.4 Å². The Bertz CT molecular complexity index is 641. The molecule has 2 rings (SSSR count). The molecule has 0 aliphatic heterocycles. The van der Waals surface area contributed by atoms with Crippen molar-refractivity contribution in [3.05, 3.63) is 29.3 Å². The van der Waals surface area contributed by atoms with Crippen LogP contribution in [0.15, 0.2) is 28.6 Å². The first kappa shape index (κ1) is 19.1. The minimum absolute atomic E-state index is 0. The summed E-state index contributed by atoms with van der Waals surface area (Å²) in [7, 11) is 0. The number of halogens is 2. The van der Waals surface area contributed by atoms with Gasteiger partial charge in [-0.3, -0.25) is 9.78 Å². The normalized spacial score (nSPS) is 9.14. The number of primary amides is 1. The molecule has 0 spiro atoms. The SMILES string of the molecule is Cl.Cl.NC(=O)Cc1cccc(-c2csc(N=C(N)N)n2)n1. The summed E-state index contributed by atoms with van der Waals surface area (Å²) < 4.78 is 0. The summed E-state index contributed by atoms with van der Waals surface area (Å²) in [5.74, 6) is -0.472. The van der Waals surface area contributed by atoms with E-state index < -0.39 is 5.91 Å². The summed E-state index contributed by atoms with van der Waals surface area (Å²) in [6.45, 7) is 0. The molecule has 0 radical (unpaired) electrons. The lowest BCUT2D eigenvalue weighted by Gasteiger charge is -2.00. The number of nitrogens with zero attached hydrogens (tertiary/aromatic N) is 3. The summed E-state index contributed by atoms with van der Waals surface area (Å²) in [6, 6.07) is 5.32. The Balaban J connectivity index is 0.00000200. The summed E-state index contributed by atoms with van der Waals surface area (Å²) in [5.41, 5.74) is 17.6. The predicted octanol–water partition coefficient (Wildman–Crippen LogP) is 0.981. The van der Waals surface area contributed by atoms with Gasteiger partial charge in [-0.25, -0.2) is 4.98 Å². The molecule has 114 valence electrons. The van der Waals surface area contributed by atoms with Crippen LogP contribution < -0.4 is 17.2 Å². The quantitative estimate of drug-likeness (QED) is 0.559. The van der Waals surface area contributed by atoms with Gasteiger partial charge in [-0.05, 0) is 12.1 Å². The number of aliphatic imine (C=N–C) groups is 1. The van der Waals surface area contributed by atoms with E-state index >= 15 is 0 Å². The molecule has 21 heavy (non-hydrogen) atoms. The van der Waals surface area contributed by atoms with Crippen molar-refractivity contribution >= 4 is 53.1 Å². The number of carbonyl (C=O) groups excluding carboxylic acids is 1. The number of pyridine rings is 1. The van der Waals surface area contributed by atoms with Crippen molar-refractivity contribution in [2.24, 2.45) is 22.2 Å². The van der Waals surface area contributed by atoms with Gasteiger partial charge in [0.15, 0.2) is 5.96 Å². The van der Waals surface area contributed by atoms with Gasteiger partial charge in [0, 0.05) is 5.38 Å². The number of guanidine groups is 1. The van der Waals surface area contributed by atoms with E-state index in [1.807, 2.05) is 0 Å². The highest BCUT2D eigenvalue weighted by molar-refractivity contribution is 7.13. The van der Waals surface area contributed by atoms with Crippen LogP contribution in [0.4, 0.5) is 5.13 Å². The second-order valence-corrected chi connectivity index (χ2v) is 4.55. The topological polar surface area (TPSA) is 133 Å². The predicted molar refractivity (Wildman–Crippen MR) is 88.2 cm³/mol. The zero-order chi connectivity index (χ0) is 13.8. The van der Waals surface area contributed by atoms with Gasteiger partial charge in [0.1, 0.15) is 5.69 Å². The van der Waals surface area contributed by atoms with Crippen molar-refractivity contribution < 1.29 is 4.79 Å². The molecular weight excluding hydrogens is 335 g/mol. The van der Waals surface area contributed by atoms with Crippen molar-refractivity contribution in [2.45, 2.75) is 6.42 Å². The number of nitrogens with two attached hydrogens (primary N) is 3. The van der Waals surface area contributed by atoms with Gasteiger partial charge in [0.25, 0.3) is 0 Å². The molecule has 2 aromatic heterocycles. The summed E-state index contributed by atoms with van der Waals surface area (Å²) in [5, 5.41) is 2.25. The molecule has 0 atom stereocenters. The molecule has 0 fully saturated rings. The van der Waals surface area contributed by atoms with Crippen LogP contribution in [0, 0.1) is 0 Å². The highest BCUT2D eigenvalue weighted by Gasteiger charge is 2.07. The van der Waals surface area contributed by atoms with Gasteiger partial charge in [-0.1, -0.05) is 6.07 Å². The molecule has 7 nitrogen and oxygen atoms in total. The molecule has 0 aromatic carbocycles. The second kappa shape index (κ2) is 8.40. The van der Waals surface area contributed by atoms with E-state index in [1.165, 1.54) is 11.3 Å². The smallest absolute Gasteiger partial charge is 0.223 e. The fourth-order valence-corrected chi connectivity index (χ4v) is 2.14. The monoisotopic (exact) mass is 348 g/mol. The van der Waals surface area contributed by atoms with Crippen LogP contribution in [0.2, 0.25) is 0 Å². The molecule has 10 heteroatoms. The van der Waals surface area contributed by atoms with Crippen molar-refractivity contribution in [3.63, 3.8) is 0 Å². The van der Waals surface area contributed by atoms with Crippen molar-refractivity contribution in [3.8, 4) is 11.4 Å². The van der Waals surface area contributed by atoms with Gasteiger partial charge < -0.3 is 17.2 Å². The third-order valence-corrected chi connectivity index (χ3v) is 2.88. The van der Waals surface area contributed by atoms with Gasteiger partial charge in [0.2, 0.25) is 11.0 Å². The first-order chi connectivity index (χ1) is 9.04. The molecule has 0 bridgehead atoms. The number of amides is 1. The second-order valence-electron chi connectivity index (χ2n) is 3.71. The van der Waals surface area contributed by atoms with Gasteiger partial charge >= 0.3 is 0 Å². The highest BCUT2D eigenvalue weighted by Crippen LogP contribution is 2.25. The molecule has 0 saturated heterocycles. The Morgan fingerprint density at radius 1 is 1.14 bits per heavy atom. The van der Waals surface area contributed by atoms with E-state index in [-0.39, 0.29) is 37.2 Å². The summed E-state index contributed by atoms with van der Waals surface area (Å²) in [4.78, 5) is 23.3. The molecule has 0 aliphatic carbocycles. The average molecular weight is 349 g/mol. The number of aromatic nitrogens is 2. The first-order valence-corrected chi connectivity index (χ1v) is 6.22. The van der Waals surface area contributed by atoms with E-state index in [0.29, 0.717) is 22.2 Å². The minimum atomic E-state index is -0.427. The minimum Gasteiger partial charge on any atom is -0.370 e. The molecule has 6 N–H and O–H groups in total. The number of carbonyl (C=O) groups is 1. The third-order valence-electron chi connectivity index (χ3n) is 2.14. The average Bonchev–Trinajstić information content (AvgIpc) is 2.76. The molecule has 0 aliphatic rings. The van der Waals surface area contributed by atoms with E-state index in [1.54, 1.807) is 23.6 Å². The maximum atomic E-state index is 10.9. The van der Waals surface area contributed by atoms with Crippen molar-refractivity contribution in [1.82, 2.24) is 9.97 Å². The van der Waals surface area contributed by atoms with Crippen LogP contribution in [0.5, 0.6) is 0 Å². The lowest BCUT2D eigenvalue weighted by molar-refractivity contribution is -0.117. The summed E-state index contributed by atoms with van der Waals surface area (Å²) >= 11 is 1.30. The number of thiazole rings is 1. The maximum Gasteiger partial charge on any atom is 0.223 e. The Morgan fingerprint density at radius 3 is 2.48 bits per heavy atom. The standard InChI is InChI=1S/C11H12N6OS.2ClH/c12-9(18)4-6-2-1-3-7(15-6)8-5-19-11(16-8)17-10(13)14;;/h1-3,5H,4H2,(H2,12,18)(H4,13,14,16,17);2*1H. The van der Waals surface area contributed by atoms with Crippen molar-refractivity contribution in [1.29, 1.82) is 0 Å². The van der Waals surface area contributed by atoms with E-state index in [9.17, 15) is 4.79 Å². The largest absolute Gasteiger partial charge is 0.370 e. The Hall–Kier alpha value is -1.90. The Morgan fingerprint density at radius 2 is 1.86 bits per heavy atom. The fourth-order valence-electron chi connectivity index (χ4n) is 1.44. The molecule has 1 amide bonds. The summed E-state index contributed by atoms with van der Waals surface area (Å²) in [6.07, 6.45) is 0.0960. The van der Waals surface area contributed by atoms with Gasteiger partial charge in [0.05, 0.1) is 17.8 Å². The van der Waals surface area contributed by atoms with Crippen LogP contribution in [0.1, 0.15) is 5.69 Å². The molecule has 0 saturated carbocycles. The number of hydrogen-bond donors (Lipinski definition) is 3. The van der Waals surface area contributed by atoms with E-state index in [0.717, 1.165) is 0 Å². The van der Waals surface area contributed by atoms with Crippen molar-refractivity contribution in [2.75, 3.05) is 0 Å². The Labute approximate surface area is 137 Å². The van der Waals surface area contributed by atoms with Gasteiger partial charge in [-0.2, -0.15) is 4.99 Å². The van der Waals surface area contributed by atoms with Crippen LogP contribution in [0.3, 0.4) is 0 Å². The first-order valence-electron chi connectivity index (χ1n) is 5.34. The molecule has 0 unspecified atom stereocenters. The molecule has 2 heterocycles. The maximum absolute atomic E-state index is 10.9. The van der Waals surface area contributed by atoms with E-state index in [4.69, 9.17) is 17.2 Å². The number of rotatable bonds is 4. The third kappa shape index (κ3) is 5.54. The highest BCUT2D eigenvalue weighted by atomic mass is 35.5. The van der Waals surface area contributed by atoms with Crippen LogP contribution in [-0.2, 0) is 11.2 Å². The van der Waals surface area contributed by atoms with Gasteiger partial charge in [-0.15, -0.1) is 36.2 Å². The lowest BCUT2D eigenvalue weighted by atomic mass is 10.2. The Kier molecular flexibility index (Phi) is 7.64. The number of hydrogen-bond acceptors (Lipinski definition) is 5. The molecular formula is C11H14Cl2N6OS. The zero-order valence-corrected chi connectivity index (χ0v) is 13.2. The lowest BCUT2D eigenvalue weighted by Crippen LogP contribution is -2.21.